The van der Waals surface area contributed by atoms with Crippen molar-refractivity contribution in [3.8, 4) is 0 Å². The van der Waals surface area contributed by atoms with Crippen LogP contribution in [0.25, 0.3) is 6.08 Å². The lowest BCUT2D eigenvalue weighted by molar-refractivity contribution is 0.0690. The van der Waals surface area contributed by atoms with Crippen LogP contribution in [0.1, 0.15) is 16.2 Å². The number of rotatable bonds is 4. The molecule has 14 heavy (non-hydrogen) atoms. The van der Waals surface area contributed by atoms with Crippen LogP contribution in [0.5, 0.6) is 0 Å². The van der Waals surface area contributed by atoms with Gasteiger partial charge in [-0.3, -0.25) is 0 Å². The van der Waals surface area contributed by atoms with E-state index in [1.807, 2.05) is 13.1 Å². The van der Waals surface area contributed by atoms with Crippen molar-refractivity contribution in [1.82, 2.24) is 10.3 Å². The molecule has 74 valence electrons. The molecule has 0 spiro atoms. The summed E-state index contributed by atoms with van der Waals surface area (Å²) in [6.45, 7) is 0.735. The molecule has 0 atom stereocenters. The number of carboxylic acid groups (broad SMARTS) is 1. The average Bonchev–Trinajstić information content (AvgIpc) is 2.19. The van der Waals surface area contributed by atoms with Gasteiger partial charge in [0.25, 0.3) is 0 Å². The second-order valence-electron chi connectivity index (χ2n) is 2.71. The lowest BCUT2D eigenvalue weighted by Crippen LogP contribution is -2.04. The Bertz CT molecular complexity index is 348. The maximum atomic E-state index is 10.6. The highest BCUT2D eigenvalue weighted by Gasteiger charge is 2.02. The number of nitrogens with zero attached hydrogens (tertiary/aromatic N) is 1. The first kappa shape index (κ1) is 10.4. The zero-order valence-electron chi connectivity index (χ0n) is 7.90. The Balaban J connectivity index is 2.78. The number of likely N-dealkylation sites (N-methyl/N-ethyl adjacent to an activating group) is 1. The zero-order valence-corrected chi connectivity index (χ0v) is 7.90. The van der Waals surface area contributed by atoms with E-state index in [2.05, 4.69) is 10.3 Å². The fourth-order valence-corrected chi connectivity index (χ4v) is 0.961. The number of pyridine rings is 1. The molecule has 1 aromatic heterocycles. The number of hydrogen-bond donors (Lipinski definition) is 2. The van der Waals surface area contributed by atoms with E-state index in [4.69, 9.17) is 5.11 Å². The third-order valence-electron chi connectivity index (χ3n) is 1.60. The van der Waals surface area contributed by atoms with Gasteiger partial charge in [-0.25, -0.2) is 9.78 Å². The summed E-state index contributed by atoms with van der Waals surface area (Å²) in [7, 11) is 1.84. The molecule has 0 aliphatic rings. The van der Waals surface area contributed by atoms with Gasteiger partial charge in [0.2, 0.25) is 0 Å². The lowest BCUT2D eigenvalue weighted by atomic mass is 10.3. The molecule has 2 N–H and O–H groups in total. The van der Waals surface area contributed by atoms with Crippen LogP contribution in [0, 0.1) is 0 Å². The molecule has 0 aromatic carbocycles. The topological polar surface area (TPSA) is 62.2 Å². The van der Waals surface area contributed by atoms with E-state index < -0.39 is 5.97 Å². The molecular weight excluding hydrogens is 180 g/mol. The van der Waals surface area contributed by atoms with Crippen molar-refractivity contribution in [2.75, 3.05) is 13.6 Å². The van der Waals surface area contributed by atoms with Gasteiger partial charge in [-0.05, 0) is 25.3 Å². The van der Waals surface area contributed by atoms with Gasteiger partial charge in [0, 0.05) is 6.54 Å². The third-order valence-corrected chi connectivity index (χ3v) is 1.60. The fourth-order valence-electron chi connectivity index (χ4n) is 0.961. The first-order valence-electron chi connectivity index (χ1n) is 4.25. The average molecular weight is 192 g/mol. The van der Waals surface area contributed by atoms with Gasteiger partial charge in [-0.2, -0.15) is 0 Å². The summed E-state index contributed by atoms with van der Waals surface area (Å²) in [5.41, 5.74) is 0.719. The smallest absolute Gasteiger partial charge is 0.354 e. The van der Waals surface area contributed by atoms with E-state index in [9.17, 15) is 4.79 Å². The minimum Gasteiger partial charge on any atom is -0.477 e. The van der Waals surface area contributed by atoms with Crippen LogP contribution in [0.3, 0.4) is 0 Å². The third kappa shape index (κ3) is 2.99. The minimum atomic E-state index is -1.01. The van der Waals surface area contributed by atoms with Crippen LogP contribution < -0.4 is 5.32 Å². The maximum Gasteiger partial charge on any atom is 0.354 e. The summed E-state index contributed by atoms with van der Waals surface area (Å²) in [5.74, 6) is -1.01. The molecule has 1 rings (SSSR count). The zero-order chi connectivity index (χ0) is 10.4. The van der Waals surface area contributed by atoms with E-state index in [1.165, 1.54) is 6.07 Å². The highest BCUT2D eigenvalue weighted by Crippen LogP contribution is 2.01. The monoisotopic (exact) mass is 192 g/mol. The Morgan fingerprint density at radius 1 is 1.64 bits per heavy atom. The SMILES string of the molecule is CNCC=Cc1cccc(C(=O)O)n1. The van der Waals surface area contributed by atoms with Crippen molar-refractivity contribution >= 4 is 12.0 Å². The molecule has 0 bridgehead atoms. The van der Waals surface area contributed by atoms with Gasteiger partial charge < -0.3 is 10.4 Å². The van der Waals surface area contributed by atoms with Crippen molar-refractivity contribution < 1.29 is 9.90 Å². The van der Waals surface area contributed by atoms with Crippen LogP contribution in [-0.4, -0.2) is 29.7 Å². The van der Waals surface area contributed by atoms with E-state index in [0.29, 0.717) is 5.69 Å². The van der Waals surface area contributed by atoms with Crippen LogP contribution in [0.15, 0.2) is 24.3 Å². The summed E-state index contributed by atoms with van der Waals surface area (Å²) in [4.78, 5) is 14.5. The van der Waals surface area contributed by atoms with Crippen molar-refractivity contribution in [3.63, 3.8) is 0 Å². The molecule has 0 aliphatic carbocycles. The molecule has 1 aromatic rings. The lowest BCUT2D eigenvalue weighted by Gasteiger charge is -1.95. The molecule has 4 nitrogen and oxygen atoms in total. The van der Waals surface area contributed by atoms with Crippen molar-refractivity contribution in [3.05, 3.63) is 35.7 Å². The van der Waals surface area contributed by atoms with E-state index in [0.717, 1.165) is 6.54 Å². The molecule has 0 fully saturated rings. The van der Waals surface area contributed by atoms with Gasteiger partial charge in [0.15, 0.2) is 0 Å². The Morgan fingerprint density at radius 2 is 2.43 bits per heavy atom. The second-order valence-corrected chi connectivity index (χ2v) is 2.71. The highest BCUT2D eigenvalue weighted by atomic mass is 16.4. The van der Waals surface area contributed by atoms with Gasteiger partial charge >= 0.3 is 5.97 Å². The minimum absolute atomic E-state index is 0.0663. The molecule has 0 saturated carbocycles. The van der Waals surface area contributed by atoms with Crippen LogP contribution in [0.4, 0.5) is 0 Å². The Morgan fingerprint density at radius 3 is 3.07 bits per heavy atom. The Kier molecular flexibility index (Phi) is 3.82. The molecular formula is C10H12N2O2. The normalized spacial score (nSPS) is 10.6. The molecule has 0 aliphatic heterocycles. The molecule has 1 heterocycles. The predicted octanol–water partition coefficient (Wildman–Crippen LogP) is 1.01. The van der Waals surface area contributed by atoms with Crippen molar-refractivity contribution in [1.29, 1.82) is 0 Å². The van der Waals surface area contributed by atoms with Gasteiger partial charge in [0.1, 0.15) is 5.69 Å². The molecule has 0 saturated heterocycles. The first-order chi connectivity index (χ1) is 6.74. The summed E-state index contributed by atoms with van der Waals surface area (Å²) in [6.07, 6.45) is 3.66. The number of carboxylic acids is 1. The largest absolute Gasteiger partial charge is 0.477 e. The van der Waals surface area contributed by atoms with Gasteiger partial charge in [0.05, 0.1) is 5.69 Å². The summed E-state index contributed by atoms with van der Waals surface area (Å²) in [5, 5.41) is 11.6. The van der Waals surface area contributed by atoms with Crippen molar-refractivity contribution in [2.45, 2.75) is 0 Å². The number of nitrogens with one attached hydrogen (secondary N) is 1. The summed E-state index contributed by atoms with van der Waals surface area (Å²) in [6, 6.07) is 4.91. The Hall–Kier alpha value is -1.68. The van der Waals surface area contributed by atoms with Crippen molar-refractivity contribution in [2.24, 2.45) is 0 Å². The predicted molar refractivity (Wildman–Crippen MR) is 54.2 cm³/mol. The van der Waals surface area contributed by atoms with E-state index in [-0.39, 0.29) is 5.69 Å². The quantitative estimate of drug-likeness (QED) is 0.747. The molecule has 4 heteroatoms. The number of carbonyl (C=O) groups is 1. The number of aromatic nitrogens is 1. The maximum absolute atomic E-state index is 10.6. The van der Waals surface area contributed by atoms with Crippen LogP contribution in [-0.2, 0) is 0 Å². The highest BCUT2D eigenvalue weighted by molar-refractivity contribution is 5.85. The molecule has 0 unspecified atom stereocenters. The Labute approximate surface area is 82.3 Å². The summed E-state index contributed by atoms with van der Waals surface area (Å²) < 4.78 is 0. The van der Waals surface area contributed by atoms with E-state index >= 15 is 0 Å². The first-order valence-corrected chi connectivity index (χ1v) is 4.25. The molecule has 0 radical (unpaired) electrons. The van der Waals surface area contributed by atoms with Gasteiger partial charge in [-0.15, -0.1) is 0 Å². The number of hydrogen-bond acceptors (Lipinski definition) is 3. The van der Waals surface area contributed by atoms with Crippen LogP contribution in [0.2, 0.25) is 0 Å². The fraction of sp³-hybridized carbons (Fsp3) is 0.200. The summed E-state index contributed by atoms with van der Waals surface area (Å²) >= 11 is 0. The standard InChI is InChI=1S/C10H12N2O2/c1-11-7-3-5-8-4-2-6-9(12-8)10(13)14/h2-6,11H,7H2,1H3,(H,13,14). The second kappa shape index (κ2) is 5.14. The number of aromatic carboxylic acids is 1. The van der Waals surface area contributed by atoms with Crippen LogP contribution >= 0.6 is 0 Å². The molecule has 0 amide bonds. The van der Waals surface area contributed by atoms with E-state index in [1.54, 1.807) is 18.2 Å². The van der Waals surface area contributed by atoms with Gasteiger partial charge in [-0.1, -0.05) is 12.1 Å².